The first-order chi connectivity index (χ1) is 12.1. The predicted octanol–water partition coefficient (Wildman–Crippen LogP) is 4.69. The molecule has 2 atom stereocenters. The third-order valence-electron chi connectivity index (χ3n) is 5.14. The van der Waals surface area contributed by atoms with Crippen molar-refractivity contribution >= 4 is 5.91 Å². The van der Waals surface area contributed by atoms with E-state index in [1.165, 1.54) is 6.07 Å². The van der Waals surface area contributed by atoms with Crippen molar-refractivity contribution in [3.05, 3.63) is 35.4 Å². The summed E-state index contributed by atoms with van der Waals surface area (Å²) in [5.41, 5.74) is -0.172. The summed E-state index contributed by atoms with van der Waals surface area (Å²) in [6, 6.07) is 4.26. The van der Waals surface area contributed by atoms with E-state index in [0.29, 0.717) is 24.6 Å². The molecule has 1 saturated heterocycles. The second-order valence-electron chi connectivity index (χ2n) is 8.15. The maximum Gasteiger partial charge on any atom is 0.416 e. The fourth-order valence-corrected chi connectivity index (χ4v) is 3.52. The van der Waals surface area contributed by atoms with Crippen molar-refractivity contribution in [3.8, 4) is 0 Å². The Hall–Kier alpha value is -1.56. The lowest BCUT2D eigenvalue weighted by molar-refractivity contribution is -0.137. The number of halogens is 3. The normalized spacial score (nSPS) is 23.8. The van der Waals surface area contributed by atoms with Crippen LogP contribution in [0, 0.1) is 11.3 Å². The van der Waals surface area contributed by atoms with Crippen molar-refractivity contribution in [2.24, 2.45) is 11.3 Å². The van der Waals surface area contributed by atoms with Crippen LogP contribution in [0.2, 0.25) is 0 Å². The van der Waals surface area contributed by atoms with E-state index >= 15 is 0 Å². The number of carbonyl (C=O) groups is 1. The average Bonchev–Trinajstić information content (AvgIpc) is 2.58. The highest BCUT2D eigenvalue weighted by Gasteiger charge is 2.32. The standard InChI is InChI=1S/C20H29F3N2O/c1-19(2,3)15-9-5-11-24-17(18(26)25-12-6-10-15)14-7-4-8-16(13-14)20(21,22)23/h4,7-8,13,15,17,24H,5-6,9-12H2,1-3H3,(H,25,26). The highest BCUT2D eigenvalue weighted by Crippen LogP contribution is 2.34. The van der Waals surface area contributed by atoms with Gasteiger partial charge in [0.15, 0.2) is 0 Å². The molecule has 3 nitrogen and oxygen atoms in total. The van der Waals surface area contributed by atoms with Gasteiger partial charge in [0.1, 0.15) is 6.04 Å². The number of nitrogens with one attached hydrogen (secondary N) is 2. The molecular formula is C20H29F3N2O. The van der Waals surface area contributed by atoms with Gasteiger partial charge in [0.2, 0.25) is 5.91 Å². The molecule has 0 saturated carbocycles. The van der Waals surface area contributed by atoms with Gasteiger partial charge in [0, 0.05) is 6.54 Å². The molecule has 0 aliphatic carbocycles. The van der Waals surface area contributed by atoms with Crippen LogP contribution in [0.15, 0.2) is 24.3 Å². The summed E-state index contributed by atoms with van der Waals surface area (Å²) in [7, 11) is 0. The summed E-state index contributed by atoms with van der Waals surface area (Å²) >= 11 is 0. The number of carbonyl (C=O) groups excluding carboxylic acids is 1. The van der Waals surface area contributed by atoms with Gasteiger partial charge in [-0.1, -0.05) is 32.9 Å². The molecule has 1 aromatic rings. The topological polar surface area (TPSA) is 41.1 Å². The molecule has 0 aromatic heterocycles. The highest BCUT2D eigenvalue weighted by molar-refractivity contribution is 5.83. The highest BCUT2D eigenvalue weighted by atomic mass is 19.4. The third kappa shape index (κ3) is 5.73. The van der Waals surface area contributed by atoms with E-state index in [9.17, 15) is 18.0 Å². The van der Waals surface area contributed by atoms with Gasteiger partial charge in [-0.25, -0.2) is 0 Å². The summed E-state index contributed by atoms with van der Waals surface area (Å²) in [4.78, 5) is 12.5. The molecule has 146 valence electrons. The van der Waals surface area contributed by atoms with Crippen LogP contribution in [0.4, 0.5) is 13.2 Å². The van der Waals surface area contributed by atoms with Crippen LogP contribution in [0.1, 0.15) is 63.6 Å². The van der Waals surface area contributed by atoms with Gasteiger partial charge >= 0.3 is 6.18 Å². The zero-order chi connectivity index (χ0) is 19.4. The monoisotopic (exact) mass is 370 g/mol. The zero-order valence-corrected chi connectivity index (χ0v) is 15.7. The Labute approximate surface area is 153 Å². The molecule has 2 unspecified atom stereocenters. The first-order valence-electron chi connectivity index (χ1n) is 9.27. The molecule has 2 rings (SSSR count). The largest absolute Gasteiger partial charge is 0.416 e. The van der Waals surface area contributed by atoms with Gasteiger partial charge in [-0.15, -0.1) is 0 Å². The Kier molecular flexibility index (Phi) is 6.72. The van der Waals surface area contributed by atoms with E-state index < -0.39 is 17.8 Å². The van der Waals surface area contributed by atoms with Gasteiger partial charge in [0.05, 0.1) is 5.56 Å². The molecule has 0 radical (unpaired) electrons. The van der Waals surface area contributed by atoms with E-state index in [-0.39, 0.29) is 11.3 Å². The molecule has 1 amide bonds. The summed E-state index contributed by atoms with van der Waals surface area (Å²) in [6.07, 6.45) is -0.564. The quantitative estimate of drug-likeness (QED) is 0.753. The first kappa shape index (κ1) is 20.7. The smallest absolute Gasteiger partial charge is 0.354 e. The SMILES string of the molecule is CC(C)(C)C1CCCNC(=O)C(c2cccc(C(F)(F)F)c2)NCCC1. The predicted molar refractivity (Wildman–Crippen MR) is 96.6 cm³/mol. The van der Waals surface area contributed by atoms with Gasteiger partial charge in [-0.3, -0.25) is 4.79 Å². The summed E-state index contributed by atoms with van der Waals surface area (Å²) in [5.74, 6) is 0.296. The maximum absolute atomic E-state index is 13.0. The van der Waals surface area contributed by atoms with E-state index in [1.54, 1.807) is 6.07 Å². The number of alkyl halides is 3. The summed E-state index contributed by atoms with van der Waals surface area (Å²) in [6.45, 7) is 7.84. The van der Waals surface area contributed by atoms with Gasteiger partial charge in [-0.2, -0.15) is 13.2 Å². The van der Waals surface area contributed by atoms with Crippen LogP contribution < -0.4 is 10.6 Å². The van der Waals surface area contributed by atoms with Crippen molar-refractivity contribution < 1.29 is 18.0 Å². The Bertz CT molecular complexity index is 608. The number of benzene rings is 1. The van der Waals surface area contributed by atoms with Crippen LogP contribution in [0.3, 0.4) is 0 Å². The second-order valence-corrected chi connectivity index (χ2v) is 8.15. The van der Waals surface area contributed by atoms with Gasteiger partial charge < -0.3 is 10.6 Å². The third-order valence-corrected chi connectivity index (χ3v) is 5.14. The summed E-state index contributed by atoms with van der Waals surface area (Å²) < 4.78 is 39.0. The molecule has 1 heterocycles. The van der Waals surface area contributed by atoms with Crippen LogP contribution in [0.5, 0.6) is 0 Å². The van der Waals surface area contributed by atoms with Crippen molar-refractivity contribution in [1.82, 2.24) is 10.6 Å². The van der Waals surface area contributed by atoms with Crippen molar-refractivity contribution in [2.45, 2.75) is 58.7 Å². The minimum Gasteiger partial charge on any atom is -0.354 e. The molecule has 0 bridgehead atoms. The van der Waals surface area contributed by atoms with E-state index in [1.807, 2.05) is 0 Å². The number of hydrogen-bond donors (Lipinski definition) is 2. The van der Waals surface area contributed by atoms with Crippen LogP contribution in [0.25, 0.3) is 0 Å². The van der Waals surface area contributed by atoms with E-state index in [2.05, 4.69) is 31.4 Å². The molecule has 0 spiro atoms. The van der Waals surface area contributed by atoms with Crippen molar-refractivity contribution in [3.63, 3.8) is 0 Å². The molecule has 26 heavy (non-hydrogen) atoms. The lowest BCUT2D eigenvalue weighted by Gasteiger charge is -2.31. The van der Waals surface area contributed by atoms with Crippen LogP contribution in [-0.4, -0.2) is 19.0 Å². The minimum atomic E-state index is -4.42. The Morgan fingerprint density at radius 2 is 1.69 bits per heavy atom. The lowest BCUT2D eigenvalue weighted by atomic mass is 9.75. The fourth-order valence-electron chi connectivity index (χ4n) is 3.52. The molecular weight excluding hydrogens is 341 g/mol. The van der Waals surface area contributed by atoms with Crippen molar-refractivity contribution in [2.75, 3.05) is 13.1 Å². The maximum atomic E-state index is 13.0. The van der Waals surface area contributed by atoms with Crippen LogP contribution in [-0.2, 0) is 11.0 Å². The number of amides is 1. The second kappa shape index (κ2) is 8.42. The zero-order valence-electron chi connectivity index (χ0n) is 15.7. The molecule has 6 heteroatoms. The fraction of sp³-hybridized carbons (Fsp3) is 0.650. The van der Waals surface area contributed by atoms with E-state index in [0.717, 1.165) is 37.8 Å². The Morgan fingerprint density at radius 3 is 2.31 bits per heavy atom. The Morgan fingerprint density at radius 1 is 1.04 bits per heavy atom. The average molecular weight is 370 g/mol. The van der Waals surface area contributed by atoms with Gasteiger partial charge in [-0.05, 0) is 61.3 Å². The first-order valence-corrected chi connectivity index (χ1v) is 9.27. The molecule has 1 aliphatic rings. The van der Waals surface area contributed by atoms with Gasteiger partial charge in [0.25, 0.3) is 0 Å². The van der Waals surface area contributed by atoms with Crippen LogP contribution >= 0.6 is 0 Å². The molecule has 1 aliphatic heterocycles. The van der Waals surface area contributed by atoms with Crippen molar-refractivity contribution in [1.29, 1.82) is 0 Å². The molecule has 1 fully saturated rings. The molecule has 2 N–H and O–H groups in total. The lowest BCUT2D eigenvalue weighted by Crippen LogP contribution is -2.38. The number of hydrogen-bond acceptors (Lipinski definition) is 2. The molecule has 1 aromatic carbocycles. The number of rotatable bonds is 1. The summed E-state index contributed by atoms with van der Waals surface area (Å²) in [5, 5.41) is 6.03. The minimum absolute atomic E-state index is 0.207. The Balaban J connectivity index is 2.15. The van der Waals surface area contributed by atoms with E-state index in [4.69, 9.17) is 0 Å².